The lowest BCUT2D eigenvalue weighted by Gasteiger charge is -2.30. The maximum Gasteiger partial charge on any atom is 0.134 e. The molecule has 1 heterocycles. The highest BCUT2D eigenvalue weighted by Crippen LogP contribution is 2.38. The van der Waals surface area contributed by atoms with Gasteiger partial charge in [0.25, 0.3) is 0 Å². The molecule has 0 spiro atoms. The lowest BCUT2D eigenvalue weighted by Crippen LogP contribution is -2.26. The van der Waals surface area contributed by atoms with Gasteiger partial charge in [-0.05, 0) is 46.7 Å². The summed E-state index contributed by atoms with van der Waals surface area (Å²) < 4.78 is 6.45. The van der Waals surface area contributed by atoms with E-state index in [1.807, 2.05) is 6.07 Å². The predicted molar refractivity (Wildman–Crippen MR) is 64.5 cm³/mol. The zero-order valence-electron chi connectivity index (χ0n) is 9.08. The fraction of sp³-hybridized carbons (Fsp3) is 0.667. The molecule has 1 aromatic rings. The van der Waals surface area contributed by atoms with Gasteiger partial charge in [0, 0.05) is 0 Å². The van der Waals surface area contributed by atoms with E-state index in [0.29, 0.717) is 5.92 Å². The standard InChI is InChI=1S/C12H18BrNO/c1-8-3-2-4-9(7-8)11(14)12-10(13)5-6-15-12/h5-6,8-9,11H,2-4,7,14H2,1H3. The van der Waals surface area contributed by atoms with E-state index in [0.717, 1.165) is 16.2 Å². The highest BCUT2D eigenvalue weighted by atomic mass is 79.9. The fourth-order valence-electron chi connectivity index (χ4n) is 2.56. The number of hydrogen-bond acceptors (Lipinski definition) is 2. The van der Waals surface area contributed by atoms with E-state index >= 15 is 0 Å². The summed E-state index contributed by atoms with van der Waals surface area (Å²) in [5.41, 5.74) is 6.25. The first kappa shape index (κ1) is 11.2. The quantitative estimate of drug-likeness (QED) is 0.887. The summed E-state index contributed by atoms with van der Waals surface area (Å²) in [5, 5.41) is 0. The second kappa shape index (κ2) is 4.71. The van der Waals surface area contributed by atoms with Gasteiger partial charge in [0.1, 0.15) is 5.76 Å². The molecule has 0 bridgehead atoms. The SMILES string of the molecule is CC1CCCC(C(N)c2occc2Br)C1. The second-order valence-corrected chi connectivity index (χ2v) is 5.54. The van der Waals surface area contributed by atoms with Gasteiger partial charge in [0.2, 0.25) is 0 Å². The molecule has 0 saturated heterocycles. The maximum atomic E-state index is 6.25. The van der Waals surface area contributed by atoms with Crippen LogP contribution in [0.2, 0.25) is 0 Å². The van der Waals surface area contributed by atoms with E-state index in [-0.39, 0.29) is 6.04 Å². The van der Waals surface area contributed by atoms with E-state index < -0.39 is 0 Å². The Morgan fingerprint density at radius 1 is 1.53 bits per heavy atom. The normalized spacial score (nSPS) is 29.0. The summed E-state index contributed by atoms with van der Waals surface area (Å²) in [7, 11) is 0. The zero-order chi connectivity index (χ0) is 10.8. The van der Waals surface area contributed by atoms with Gasteiger partial charge >= 0.3 is 0 Å². The van der Waals surface area contributed by atoms with E-state index in [1.54, 1.807) is 6.26 Å². The monoisotopic (exact) mass is 271 g/mol. The van der Waals surface area contributed by atoms with Gasteiger partial charge < -0.3 is 10.2 Å². The first-order chi connectivity index (χ1) is 7.18. The summed E-state index contributed by atoms with van der Waals surface area (Å²) in [6.07, 6.45) is 6.82. The van der Waals surface area contributed by atoms with Gasteiger partial charge in [0.15, 0.2) is 0 Å². The van der Waals surface area contributed by atoms with Crippen LogP contribution in [-0.4, -0.2) is 0 Å². The van der Waals surface area contributed by atoms with Crippen molar-refractivity contribution in [2.24, 2.45) is 17.6 Å². The van der Waals surface area contributed by atoms with Crippen LogP contribution in [0.15, 0.2) is 21.2 Å². The number of furan rings is 1. The molecule has 0 aromatic carbocycles. The van der Waals surface area contributed by atoms with Crippen LogP contribution in [0, 0.1) is 11.8 Å². The molecular formula is C12H18BrNO. The molecule has 0 radical (unpaired) electrons. The molecule has 3 atom stereocenters. The van der Waals surface area contributed by atoms with Gasteiger partial charge in [0.05, 0.1) is 16.8 Å². The molecule has 2 rings (SSSR count). The molecule has 1 fully saturated rings. The first-order valence-corrected chi connectivity index (χ1v) is 6.46. The molecule has 3 unspecified atom stereocenters. The molecule has 3 heteroatoms. The third kappa shape index (κ3) is 2.45. The van der Waals surface area contributed by atoms with E-state index in [2.05, 4.69) is 22.9 Å². The Hall–Kier alpha value is -0.280. The highest BCUT2D eigenvalue weighted by molar-refractivity contribution is 9.10. The van der Waals surface area contributed by atoms with Gasteiger partial charge in [-0.15, -0.1) is 0 Å². The summed E-state index contributed by atoms with van der Waals surface area (Å²) in [5.74, 6) is 2.30. The summed E-state index contributed by atoms with van der Waals surface area (Å²) in [6, 6.07) is 1.97. The van der Waals surface area contributed by atoms with Crippen molar-refractivity contribution in [2.75, 3.05) is 0 Å². The van der Waals surface area contributed by atoms with Gasteiger partial charge in [-0.3, -0.25) is 0 Å². The number of nitrogens with two attached hydrogens (primary N) is 1. The van der Waals surface area contributed by atoms with E-state index in [1.165, 1.54) is 25.7 Å². The van der Waals surface area contributed by atoms with Crippen LogP contribution in [0.3, 0.4) is 0 Å². The summed E-state index contributed by atoms with van der Waals surface area (Å²) in [4.78, 5) is 0. The topological polar surface area (TPSA) is 39.2 Å². The Labute approximate surface area is 99.3 Å². The second-order valence-electron chi connectivity index (χ2n) is 4.69. The molecule has 1 saturated carbocycles. The van der Waals surface area contributed by atoms with Crippen molar-refractivity contribution in [2.45, 2.75) is 38.6 Å². The predicted octanol–water partition coefficient (Wildman–Crippen LogP) is 3.87. The third-order valence-corrected chi connectivity index (χ3v) is 4.09. The summed E-state index contributed by atoms with van der Waals surface area (Å²) in [6.45, 7) is 2.32. The van der Waals surface area contributed by atoms with Crippen molar-refractivity contribution >= 4 is 15.9 Å². The van der Waals surface area contributed by atoms with E-state index in [4.69, 9.17) is 10.2 Å². The molecule has 1 aliphatic carbocycles. The van der Waals surface area contributed by atoms with Crippen LogP contribution in [0.4, 0.5) is 0 Å². The van der Waals surface area contributed by atoms with Crippen LogP contribution in [0.25, 0.3) is 0 Å². The Morgan fingerprint density at radius 3 is 2.93 bits per heavy atom. The first-order valence-electron chi connectivity index (χ1n) is 5.67. The van der Waals surface area contributed by atoms with Gasteiger partial charge in [-0.1, -0.05) is 19.8 Å². The van der Waals surface area contributed by atoms with Gasteiger partial charge in [-0.2, -0.15) is 0 Å². The molecule has 15 heavy (non-hydrogen) atoms. The molecule has 84 valence electrons. The Morgan fingerprint density at radius 2 is 2.33 bits per heavy atom. The van der Waals surface area contributed by atoms with Crippen LogP contribution < -0.4 is 5.73 Å². The summed E-state index contributed by atoms with van der Waals surface area (Å²) >= 11 is 3.47. The lowest BCUT2D eigenvalue weighted by atomic mass is 9.78. The lowest BCUT2D eigenvalue weighted by molar-refractivity contribution is 0.231. The minimum absolute atomic E-state index is 0.0529. The van der Waals surface area contributed by atoms with Crippen molar-refractivity contribution in [1.82, 2.24) is 0 Å². The van der Waals surface area contributed by atoms with Crippen LogP contribution in [-0.2, 0) is 0 Å². The van der Waals surface area contributed by atoms with Crippen LogP contribution in [0.5, 0.6) is 0 Å². The molecule has 0 amide bonds. The largest absolute Gasteiger partial charge is 0.466 e. The van der Waals surface area contributed by atoms with Crippen molar-refractivity contribution < 1.29 is 4.42 Å². The molecule has 2 N–H and O–H groups in total. The molecule has 1 aromatic heterocycles. The maximum absolute atomic E-state index is 6.25. The molecule has 2 nitrogen and oxygen atoms in total. The van der Waals surface area contributed by atoms with Gasteiger partial charge in [-0.25, -0.2) is 0 Å². The Balaban J connectivity index is 2.07. The van der Waals surface area contributed by atoms with Crippen molar-refractivity contribution in [3.63, 3.8) is 0 Å². The zero-order valence-corrected chi connectivity index (χ0v) is 10.7. The average molecular weight is 272 g/mol. The third-order valence-electron chi connectivity index (χ3n) is 3.43. The molecular weight excluding hydrogens is 254 g/mol. The van der Waals surface area contributed by atoms with Crippen molar-refractivity contribution in [3.8, 4) is 0 Å². The van der Waals surface area contributed by atoms with Crippen LogP contribution in [0.1, 0.15) is 44.4 Å². The minimum atomic E-state index is 0.0529. The molecule has 1 aliphatic rings. The fourth-order valence-corrected chi connectivity index (χ4v) is 3.03. The Kier molecular flexibility index (Phi) is 3.52. The smallest absolute Gasteiger partial charge is 0.134 e. The number of hydrogen-bond donors (Lipinski definition) is 1. The van der Waals surface area contributed by atoms with Crippen LogP contribution >= 0.6 is 15.9 Å². The average Bonchev–Trinajstić information content (AvgIpc) is 2.63. The number of halogens is 1. The van der Waals surface area contributed by atoms with Crippen molar-refractivity contribution in [3.05, 3.63) is 22.6 Å². The highest BCUT2D eigenvalue weighted by Gasteiger charge is 2.28. The van der Waals surface area contributed by atoms with E-state index in [9.17, 15) is 0 Å². The van der Waals surface area contributed by atoms with Crippen molar-refractivity contribution in [1.29, 1.82) is 0 Å². The number of rotatable bonds is 2. The Bertz CT molecular complexity index is 323. The minimum Gasteiger partial charge on any atom is -0.466 e. The molecule has 0 aliphatic heterocycles.